The maximum atomic E-state index is 13.1. The summed E-state index contributed by atoms with van der Waals surface area (Å²) in [6.45, 7) is 5.78. The smallest absolute Gasteiger partial charge is 0.355 e. The minimum absolute atomic E-state index is 0.141. The average Bonchev–Trinajstić information content (AvgIpc) is 3.51. The molecule has 5 aromatic rings. The van der Waals surface area contributed by atoms with Gasteiger partial charge in [-0.05, 0) is 48.9 Å². The van der Waals surface area contributed by atoms with Crippen molar-refractivity contribution >= 4 is 28.5 Å². The number of carbonyl (C=O) groups is 1. The van der Waals surface area contributed by atoms with E-state index < -0.39 is 5.97 Å². The number of fused-ring (bicyclic) bond motifs is 1. The van der Waals surface area contributed by atoms with E-state index in [1.807, 2.05) is 48.5 Å². The number of pyridine rings is 2. The number of nitrogens with zero attached hydrogens (tertiary/aromatic N) is 7. The fourth-order valence-electron chi connectivity index (χ4n) is 5.06. The zero-order chi connectivity index (χ0) is 27.5. The molecule has 0 saturated carbocycles. The van der Waals surface area contributed by atoms with Crippen molar-refractivity contribution < 1.29 is 9.53 Å². The number of hydrogen-bond donors (Lipinski definition) is 0. The van der Waals surface area contributed by atoms with E-state index in [2.05, 4.69) is 32.0 Å². The third-order valence-corrected chi connectivity index (χ3v) is 7.06. The van der Waals surface area contributed by atoms with Gasteiger partial charge in [-0.1, -0.05) is 30.3 Å². The standard InChI is InChI=1S/C30H29N7O3/c1-2-40-30(39)26-18-27(38)25-12-13-28(35-16-14-34(15-17-35)23-6-4-3-5-7-23)33-29(25)37(26)24-10-8-22(9-11-24)19-36-21-31-20-32-36/h3-13,18,20-21H,2,14-17,19H2,1H3. The Hall–Kier alpha value is -4.99. The van der Waals surface area contributed by atoms with E-state index in [0.717, 1.165) is 37.6 Å². The predicted octanol–water partition coefficient (Wildman–Crippen LogP) is 3.53. The Bertz CT molecular complexity index is 1680. The van der Waals surface area contributed by atoms with Crippen LogP contribution in [0.5, 0.6) is 0 Å². The molecule has 3 aromatic heterocycles. The topological polar surface area (TPSA) is 98.4 Å². The molecule has 0 N–H and O–H groups in total. The van der Waals surface area contributed by atoms with E-state index >= 15 is 0 Å². The number of benzene rings is 2. The van der Waals surface area contributed by atoms with Crippen LogP contribution in [-0.4, -0.2) is 63.1 Å². The normalized spacial score (nSPS) is 13.5. The van der Waals surface area contributed by atoms with E-state index in [9.17, 15) is 9.59 Å². The fraction of sp³-hybridized carbons (Fsp3) is 0.233. The molecule has 0 aliphatic carbocycles. The summed E-state index contributed by atoms with van der Waals surface area (Å²) in [4.78, 5) is 39.7. The Morgan fingerprint density at radius 1 is 0.900 bits per heavy atom. The maximum absolute atomic E-state index is 13.1. The monoisotopic (exact) mass is 535 g/mol. The molecule has 1 fully saturated rings. The molecule has 0 radical (unpaired) electrons. The Morgan fingerprint density at radius 2 is 1.65 bits per heavy atom. The second kappa shape index (κ2) is 11.0. The zero-order valence-corrected chi connectivity index (χ0v) is 22.2. The maximum Gasteiger partial charge on any atom is 0.355 e. The van der Waals surface area contributed by atoms with Crippen LogP contribution in [-0.2, 0) is 11.3 Å². The first-order valence-corrected chi connectivity index (χ1v) is 13.3. The van der Waals surface area contributed by atoms with Crippen molar-refractivity contribution in [3.05, 3.63) is 107 Å². The number of para-hydroxylation sites is 1. The van der Waals surface area contributed by atoms with Gasteiger partial charge in [0.05, 0.1) is 18.5 Å². The molecule has 10 nitrogen and oxygen atoms in total. The van der Waals surface area contributed by atoms with Gasteiger partial charge in [-0.25, -0.2) is 19.4 Å². The van der Waals surface area contributed by atoms with Gasteiger partial charge in [-0.2, -0.15) is 5.10 Å². The summed E-state index contributed by atoms with van der Waals surface area (Å²) in [5, 5.41) is 4.60. The molecule has 1 saturated heterocycles. The molecule has 202 valence electrons. The van der Waals surface area contributed by atoms with Crippen LogP contribution in [0, 0.1) is 0 Å². The van der Waals surface area contributed by atoms with Gasteiger partial charge < -0.3 is 14.5 Å². The average molecular weight is 536 g/mol. The van der Waals surface area contributed by atoms with Gasteiger partial charge in [0.25, 0.3) is 0 Å². The van der Waals surface area contributed by atoms with Gasteiger partial charge in [0, 0.05) is 43.6 Å². The second-order valence-electron chi connectivity index (χ2n) is 9.56. The summed E-state index contributed by atoms with van der Waals surface area (Å²) < 4.78 is 8.78. The minimum atomic E-state index is -0.572. The van der Waals surface area contributed by atoms with E-state index in [-0.39, 0.29) is 17.7 Å². The molecule has 0 spiro atoms. The van der Waals surface area contributed by atoms with Crippen LogP contribution >= 0.6 is 0 Å². The van der Waals surface area contributed by atoms with Crippen LogP contribution in [0.15, 0.2) is 90.2 Å². The number of anilines is 2. The lowest BCUT2D eigenvalue weighted by Gasteiger charge is -2.36. The van der Waals surface area contributed by atoms with Crippen molar-refractivity contribution in [2.45, 2.75) is 13.5 Å². The first kappa shape index (κ1) is 25.3. The largest absolute Gasteiger partial charge is 0.461 e. The number of carbonyl (C=O) groups excluding carboxylic acids is 1. The van der Waals surface area contributed by atoms with Crippen molar-refractivity contribution in [1.29, 1.82) is 0 Å². The van der Waals surface area contributed by atoms with Gasteiger partial charge >= 0.3 is 5.97 Å². The molecular formula is C30H29N7O3. The highest BCUT2D eigenvalue weighted by atomic mass is 16.5. The molecular weight excluding hydrogens is 506 g/mol. The van der Waals surface area contributed by atoms with Crippen LogP contribution in [0.3, 0.4) is 0 Å². The van der Waals surface area contributed by atoms with Crippen LogP contribution in [0.25, 0.3) is 16.7 Å². The second-order valence-corrected chi connectivity index (χ2v) is 9.56. The summed E-state index contributed by atoms with van der Waals surface area (Å²) in [7, 11) is 0. The Balaban J connectivity index is 1.38. The number of hydrogen-bond acceptors (Lipinski definition) is 8. The molecule has 10 heteroatoms. The molecule has 1 aliphatic heterocycles. The Kier molecular flexibility index (Phi) is 6.96. The van der Waals surface area contributed by atoms with Crippen LogP contribution < -0.4 is 15.2 Å². The number of ether oxygens (including phenoxy) is 1. The molecule has 0 atom stereocenters. The number of esters is 1. The lowest BCUT2D eigenvalue weighted by Crippen LogP contribution is -2.46. The molecule has 1 aliphatic rings. The van der Waals surface area contributed by atoms with Gasteiger partial charge in [0.2, 0.25) is 0 Å². The third kappa shape index (κ3) is 5.03. The Morgan fingerprint density at radius 3 is 2.35 bits per heavy atom. The fourth-order valence-corrected chi connectivity index (χ4v) is 5.06. The van der Waals surface area contributed by atoms with Crippen LogP contribution in [0.2, 0.25) is 0 Å². The van der Waals surface area contributed by atoms with Gasteiger partial charge in [0.1, 0.15) is 24.2 Å². The minimum Gasteiger partial charge on any atom is -0.461 e. The van der Waals surface area contributed by atoms with E-state index in [0.29, 0.717) is 23.3 Å². The molecule has 4 heterocycles. The van der Waals surface area contributed by atoms with Crippen molar-refractivity contribution in [3.8, 4) is 5.69 Å². The van der Waals surface area contributed by atoms with E-state index in [1.165, 1.54) is 18.1 Å². The molecule has 40 heavy (non-hydrogen) atoms. The van der Waals surface area contributed by atoms with Crippen molar-refractivity contribution in [1.82, 2.24) is 24.3 Å². The summed E-state index contributed by atoms with van der Waals surface area (Å²) in [5.74, 6) is 0.189. The molecule has 0 bridgehead atoms. The SMILES string of the molecule is CCOC(=O)c1cc(=O)c2ccc(N3CCN(c4ccccc4)CC3)nc2n1-c1ccc(Cn2cncn2)cc1. The van der Waals surface area contributed by atoms with Gasteiger partial charge in [0.15, 0.2) is 11.1 Å². The number of rotatable bonds is 7. The summed E-state index contributed by atoms with van der Waals surface area (Å²) in [5.41, 5.74) is 3.21. The first-order valence-electron chi connectivity index (χ1n) is 13.3. The Labute approximate surface area is 231 Å². The highest BCUT2D eigenvalue weighted by Crippen LogP contribution is 2.24. The van der Waals surface area contributed by atoms with E-state index in [4.69, 9.17) is 9.72 Å². The lowest BCUT2D eigenvalue weighted by atomic mass is 10.1. The third-order valence-electron chi connectivity index (χ3n) is 7.06. The summed E-state index contributed by atoms with van der Waals surface area (Å²) >= 11 is 0. The van der Waals surface area contributed by atoms with Crippen molar-refractivity contribution in [2.24, 2.45) is 0 Å². The van der Waals surface area contributed by atoms with Crippen molar-refractivity contribution in [3.63, 3.8) is 0 Å². The molecule has 0 amide bonds. The summed E-state index contributed by atoms with van der Waals surface area (Å²) in [6.07, 6.45) is 3.16. The zero-order valence-electron chi connectivity index (χ0n) is 22.2. The predicted molar refractivity (Wildman–Crippen MR) is 153 cm³/mol. The number of piperazine rings is 1. The molecule has 0 unspecified atom stereocenters. The van der Waals surface area contributed by atoms with Gasteiger partial charge in [-0.15, -0.1) is 0 Å². The highest BCUT2D eigenvalue weighted by Gasteiger charge is 2.22. The lowest BCUT2D eigenvalue weighted by molar-refractivity contribution is 0.0516. The van der Waals surface area contributed by atoms with Crippen LogP contribution in [0.1, 0.15) is 23.0 Å². The summed E-state index contributed by atoms with van der Waals surface area (Å²) in [6, 6.07) is 23.1. The molecule has 6 rings (SSSR count). The van der Waals surface area contributed by atoms with Crippen molar-refractivity contribution in [2.75, 3.05) is 42.6 Å². The first-order chi connectivity index (χ1) is 19.6. The molecule has 2 aromatic carbocycles. The number of aromatic nitrogens is 5. The van der Waals surface area contributed by atoms with E-state index in [1.54, 1.807) is 28.6 Å². The van der Waals surface area contributed by atoms with Gasteiger partial charge in [-0.3, -0.25) is 9.36 Å². The quantitative estimate of drug-likeness (QED) is 0.292. The highest BCUT2D eigenvalue weighted by molar-refractivity contribution is 5.92. The van der Waals surface area contributed by atoms with Crippen LogP contribution in [0.4, 0.5) is 11.5 Å².